The topological polar surface area (TPSA) is 78.9 Å². The maximum absolute atomic E-state index is 11.4. The molecule has 3 aromatic rings. The minimum Gasteiger partial charge on any atom is -0.478 e. The maximum Gasteiger partial charge on any atom is 0.337 e. The fourth-order valence-electron chi connectivity index (χ4n) is 2.38. The zero-order valence-electron chi connectivity index (χ0n) is 11.0. The van der Waals surface area contributed by atoms with Gasteiger partial charge in [-0.15, -0.1) is 0 Å². The predicted octanol–water partition coefficient (Wildman–Crippen LogP) is 2.79. The van der Waals surface area contributed by atoms with Gasteiger partial charge in [0.2, 0.25) is 0 Å². The molecule has 0 amide bonds. The maximum atomic E-state index is 11.4. The Hall–Kier alpha value is -3.13. The quantitative estimate of drug-likeness (QED) is 0.798. The summed E-state index contributed by atoms with van der Waals surface area (Å²) in [5.74, 6) is -0.473. The van der Waals surface area contributed by atoms with Crippen molar-refractivity contribution >= 4 is 17.0 Å². The number of hydrogen-bond acceptors (Lipinski definition) is 3. The molecular formula is C16H11N3O2. The number of carboxylic acid groups (broad SMARTS) is 1. The molecule has 5 nitrogen and oxygen atoms in total. The lowest BCUT2D eigenvalue weighted by atomic mass is 10.1. The third-order valence-corrected chi connectivity index (χ3v) is 3.24. The summed E-state index contributed by atoms with van der Waals surface area (Å²) < 4.78 is 1.74. The Bertz CT molecular complexity index is 875. The van der Waals surface area contributed by atoms with Crippen LogP contribution in [0.3, 0.4) is 0 Å². The summed E-state index contributed by atoms with van der Waals surface area (Å²) in [6.07, 6.45) is 0.114. The number of fused-ring (bicyclic) bond motifs is 1. The fraction of sp³-hybridized carbons (Fsp3) is 0.0625. The summed E-state index contributed by atoms with van der Waals surface area (Å²) in [6.45, 7) is 0. The lowest BCUT2D eigenvalue weighted by Crippen LogP contribution is -2.08. The first-order chi connectivity index (χ1) is 10.2. The van der Waals surface area contributed by atoms with Crippen molar-refractivity contribution in [3.63, 3.8) is 0 Å². The Morgan fingerprint density at radius 2 is 1.90 bits per heavy atom. The number of nitriles is 1. The van der Waals surface area contributed by atoms with E-state index in [0.717, 1.165) is 11.0 Å². The van der Waals surface area contributed by atoms with Crippen molar-refractivity contribution in [2.24, 2.45) is 0 Å². The molecule has 5 heteroatoms. The van der Waals surface area contributed by atoms with Crippen LogP contribution in [-0.2, 0) is 6.42 Å². The largest absolute Gasteiger partial charge is 0.478 e. The Morgan fingerprint density at radius 3 is 2.67 bits per heavy atom. The normalized spacial score (nSPS) is 10.4. The van der Waals surface area contributed by atoms with E-state index >= 15 is 0 Å². The van der Waals surface area contributed by atoms with Crippen LogP contribution in [0, 0.1) is 11.3 Å². The van der Waals surface area contributed by atoms with Gasteiger partial charge in [-0.3, -0.25) is 4.57 Å². The van der Waals surface area contributed by atoms with Crippen LogP contribution < -0.4 is 0 Å². The molecule has 2 aromatic carbocycles. The average molecular weight is 277 g/mol. The van der Waals surface area contributed by atoms with Gasteiger partial charge in [-0.25, -0.2) is 9.78 Å². The second kappa shape index (κ2) is 5.10. The standard InChI is InChI=1S/C16H11N3O2/c17-10-9-15-18-12-6-2-4-8-14(12)19(15)13-7-3-1-5-11(13)16(20)21/h1-8H,9H2,(H,20,21). The molecule has 0 aliphatic rings. The highest BCUT2D eigenvalue weighted by atomic mass is 16.4. The van der Waals surface area contributed by atoms with Crippen LogP contribution in [0.1, 0.15) is 16.2 Å². The molecule has 3 rings (SSSR count). The van der Waals surface area contributed by atoms with Gasteiger partial charge < -0.3 is 5.11 Å². The Balaban J connectivity index is 2.37. The van der Waals surface area contributed by atoms with E-state index in [2.05, 4.69) is 11.1 Å². The number of para-hydroxylation sites is 3. The zero-order valence-corrected chi connectivity index (χ0v) is 11.0. The van der Waals surface area contributed by atoms with Crippen LogP contribution in [0.2, 0.25) is 0 Å². The molecule has 0 unspecified atom stereocenters. The molecular weight excluding hydrogens is 266 g/mol. The molecule has 0 aliphatic carbocycles. The van der Waals surface area contributed by atoms with Gasteiger partial charge in [-0.05, 0) is 24.3 Å². The van der Waals surface area contributed by atoms with E-state index in [1.54, 1.807) is 28.8 Å². The van der Waals surface area contributed by atoms with Crippen molar-refractivity contribution in [3.05, 3.63) is 59.9 Å². The van der Waals surface area contributed by atoms with Gasteiger partial charge in [-0.1, -0.05) is 24.3 Å². The number of rotatable bonds is 3. The van der Waals surface area contributed by atoms with Gasteiger partial charge >= 0.3 is 5.97 Å². The summed E-state index contributed by atoms with van der Waals surface area (Å²) in [4.78, 5) is 15.9. The summed E-state index contributed by atoms with van der Waals surface area (Å²) in [5.41, 5.74) is 2.23. The van der Waals surface area contributed by atoms with Crippen molar-refractivity contribution in [3.8, 4) is 11.8 Å². The molecule has 1 N–H and O–H groups in total. The Labute approximate surface area is 120 Å². The lowest BCUT2D eigenvalue weighted by Gasteiger charge is -2.10. The second-order valence-corrected chi connectivity index (χ2v) is 4.51. The number of aromatic nitrogens is 2. The fourth-order valence-corrected chi connectivity index (χ4v) is 2.38. The molecule has 0 spiro atoms. The molecule has 0 atom stereocenters. The van der Waals surface area contributed by atoms with Crippen LogP contribution in [-0.4, -0.2) is 20.6 Å². The van der Waals surface area contributed by atoms with Crippen molar-refractivity contribution < 1.29 is 9.90 Å². The number of imidazole rings is 1. The highest BCUT2D eigenvalue weighted by Crippen LogP contribution is 2.24. The van der Waals surface area contributed by atoms with Gasteiger partial charge in [0.25, 0.3) is 0 Å². The zero-order chi connectivity index (χ0) is 14.8. The van der Waals surface area contributed by atoms with Crippen LogP contribution >= 0.6 is 0 Å². The van der Waals surface area contributed by atoms with Crippen LogP contribution in [0.15, 0.2) is 48.5 Å². The predicted molar refractivity (Wildman–Crippen MR) is 77.3 cm³/mol. The van der Waals surface area contributed by atoms with Crippen molar-refractivity contribution in [1.82, 2.24) is 9.55 Å². The Morgan fingerprint density at radius 1 is 1.19 bits per heavy atom. The number of benzene rings is 2. The molecule has 0 aliphatic heterocycles. The average Bonchev–Trinajstić information content (AvgIpc) is 2.85. The molecule has 0 saturated carbocycles. The number of carboxylic acids is 1. The molecule has 0 radical (unpaired) electrons. The van der Waals surface area contributed by atoms with Crippen LogP contribution in [0.4, 0.5) is 0 Å². The molecule has 1 aromatic heterocycles. The smallest absolute Gasteiger partial charge is 0.337 e. The van der Waals surface area contributed by atoms with Gasteiger partial charge in [0.1, 0.15) is 5.82 Å². The first kappa shape index (κ1) is 12.9. The highest BCUT2D eigenvalue weighted by molar-refractivity contribution is 5.93. The minimum atomic E-state index is -1.01. The monoisotopic (exact) mass is 277 g/mol. The van der Waals surface area contributed by atoms with Crippen LogP contribution in [0.25, 0.3) is 16.7 Å². The number of hydrogen-bond donors (Lipinski definition) is 1. The lowest BCUT2D eigenvalue weighted by molar-refractivity contribution is 0.0697. The number of carbonyl (C=O) groups is 1. The van der Waals surface area contributed by atoms with E-state index in [0.29, 0.717) is 11.5 Å². The van der Waals surface area contributed by atoms with Crippen LogP contribution in [0.5, 0.6) is 0 Å². The molecule has 0 fully saturated rings. The minimum absolute atomic E-state index is 0.114. The number of nitrogens with zero attached hydrogens (tertiary/aromatic N) is 3. The van der Waals surface area contributed by atoms with E-state index in [-0.39, 0.29) is 12.0 Å². The molecule has 1 heterocycles. The van der Waals surface area contributed by atoms with Gasteiger partial charge in [-0.2, -0.15) is 5.26 Å². The summed E-state index contributed by atoms with van der Waals surface area (Å²) in [6, 6.07) is 16.2. The van der Waals surface area contributed by atoms with Crippen molar-refractivity contribution in [1.29, 1.82) is 5.26 Å². The second-order valence-electron chi connectivity index (χ2n) is 4.51. The van der Waals surface area contributed by atoms with E-state index in [9.17, 15) is 9.90 Å². The van der Waals surface area contributed by atoms with Crippen molar-refractivity contribution in [2.75, 3.05) is 0 Å². The first-order valence-electron chi connectivity index (χ1n) is 6.38. The summed E-state index contributed by atoms with van der Waals surface area (Å²) in [5, 5.41) is 18.3. The number of aromatic carboxylic acids is 1. The summed E-state index contributed by atoms with van der Waals surface area (Å²) in [7, 11) is 0. The van der Waals surface area contributed by atoms with E-state index in [1.165, 1.54) is 0 Å². The SMILES string of the molecule is N#CCc1nc2ccccc2n1-c1ccccc1C(=O)O. The third kappa shape index (κ3) is 2.13. The molecule has 0 saturated heterocycles. The van der Waals surface area contributed by atoms with E-state index < -0.39 is 5.97 Å². The first-order valence-corrected chi connectivity index (χ1v) is 6.38. The third-order valence-electron chi connectivity index (χ3n) is 3.24. The van der Waals surface area contributed by atoms with Gasteiger partial charge in [0, 0.05) is 0 Å². The summed E-state index contributed by atoms with van der Waals surface area (Å²) >= 11 is 0. The molecule has 0 bridgehead atoms. The molecule has 102 valence electrons. The van der Waals surface area contributed by atoms with Crippen molar-refractivity contribution in [2.45, 2.75) is 6.42 Å². The van der Waals surface area contributed by atoms with Gasteiger partial charge in [0.15, 0.2) is 0 Å². The van der Waals surface area contributed by atoms with Gasteiger partial charge in [0.05, 0.1) is 34.8 Å². The Kier molecular flexibility index (Phi) is 3.13. The highest BCUT2D eigenvalue weighted by Gasteiger charge is 2.17. The molecule has 21 heavy (non-hydrogen) atoms. The van der Waals surface area contributed by atoms with E-state index in [4.69, 9.17) is 5.26 Å². The van der Waals surface area contributed by atoms with E-state index in [1.807, 2.05) is 24.3 Å².